The van der Waals surface area contributed by atoms with Gasteiger partial charge in [0.15, 0.2) is 0 Å². The molecule has 1 atom stereocenters. The topological polar surface area (TPSA) is 139 Å². The molecular weight excluding hydrogens is 600 g/mol. The highest BCUT2D eigenvalue weighted by atomic mass is 32.2. The summed E-state index contributed by atoms with van der Waals surface area (Å²) in [7, 11) is 0. The summed E-state index contributed by atoms with van der Waals surface area (Å²) in [6.45, 7) is 4.20. The number of hydrogen-bond donors (Lipinski definition) is 3. The van der Waals surface area contributed by atoms with Gasteiger partial charge in [-0.1, -0.05) is 56.3 Å². The Morgan fingerprint density at radius 1 is 0.848 bits per heavy atom. The number of nitrogens with one attached hydrogen (secondary N) is 2. The summed E-state index contributed by atoms with van der Waals surface area (Å²) in [4.78, 5) is 65.4. The van der Waals surface area contributed by atoms with Crippen LogP contribution < -0.4 is 21.3 Å². The summed E-state index contributed by atoms with van der Waals surface area (Å²) < 4.78 is 0. The fourth-order valence-electron chi connectivity index (χ4n) is 4.81. The number of nitrogens with two attached hydrogens (primary N) is 1. The van der Waals surface area contributed by atoms with E-state index in [0.29, 0.717) is 22.9 Å². The molecule has 5 rings (SSSR count). The van der Waals surface area contributed by atoms with Gasteiger partial charge in [0.2, 0.25) is 17.7 Å². The minimum Gasteiger partial charge on any atom is -0.366 e. The largest absolute Gasteiger partial charge is 0.366 e. The summed E-state index contributed by atoms with van der Waals surface area (Å²) in [5.74, 6) is -1.86. The third kappa shape index (κ3) is 7.59. The molecule has 4 N–H and O–H groups in total. The molecule has 0 spiro atoms. The fourth-order valence-corrected chi connectivity index (χ4v) is 5.86. The second kappa shape index (κ2) is 14.1. The minimum absolute atomic E-state index is 0.0208. The van der Waals surface area contributed by atoms with Gasteiger partial charge in [0.05, 0.1) is 10.9 Å². The molecule has 4 aromatic carbocycles. The van der Waals surface area contributed by atoms with Gasteiger partial charge in [0.25, 0.3) is 11.8 Å². The van der Waals surface area contributed by atoms with Gasteiger partial charge in [-0.05, 0) is 83.8 Å². The van der Waals surface area contributed by atoms with Crippen molar-refractivity contribution in [1.82, 2.24) is 5.32 Å². The zero-order valence-corrected chi connectivity index (χ0v) is 26.0. The molecule has 9 nitrogen and oxygen atoms in total. The van der Waals surface area contributed by atoms with Gasteiger partial charge >= 0.3 is 0 Å². The lowest BCUT2D eigenvalue weighted by Crippen LogP contribution is -2.31. The molecule has 1 unspecified atom stereocenters. The minimum atomic E-state index is -0.631. The van der Waals surface area contributed by atoms with E-state index in [1.807, 2.05) is 24.3 Å². The van der Waals surface area contributed by atoms with E-state index in [-0.39, 0.29) is 29.5 Å². The molecule has 0 aliphatic carbocycles. The Labute approximate surface area is 270 Å². The lowest BCUT2D eigenvalue weighted by atomic mass is 10.0. The van der Waals surface area contributed by atoms with Crippen molar-refractivity contribution in [3.8, 4) is 0 Å². The van der Waals surface area contributed by atoms with Gasteiger partial charge in [-0.3, -0.25) is 24.0 Å². The highest BCUT2D eigenvalue weighted by Gasteiger charge is 2.40. The first-order valence-corrected chi connectivity index (χ1v) is 15.5. The molecule has 0 radical (unpaired) electrons. The van der Waals surface area contributed by atoms with Crippen LogP contribution in [0.3, 0.4) is 0 Å². The first-order valence-electron chi connectivity index (χ1n) is 14.6. The predicted molar refractivity (Wildman–Crippen MR) is 179 cm³/mol. The molecule has 10 heteroatoms. The SMILES string of the molecule is CC(C)c1ccc(/C=C(\NC(=O)c2ccccc2)C(=O)Nc2ccc(SC3CC(=O)N(c4ccc(C(N)=O)cc4)C3=O)cc2)cc1. The molecule has 1 aliphatic rings. The van der Waals surface area contributed by atoms with Crippen LogP contribution in [0.25, 0.3) is 6.08 Å². The fraction of sp³-hybridized carbons (Fsp3) is 0.139. The van der Waals surface area contributed by atoms with Crippen molar-refractivity contribution in [2.24, 2.45) is 5.73 Å². The first-order chi connectivity index (χ1) is 22.1. The van der Waals surface area contributed by atoms with Gasteiger partial charge < -0.3 is 16.4 Å². The van der Waals surface area contributed by atoms with Gasteiger partial charge in [-0.2, -0.15) is 0 Å². The van der Waals surface area contributed by atoms with E-state index >= 15 is 0 Å². The molecule has 1 aliphatic heterocycles. The number of anilines is 2. The summed E-state index contributed by atoms with van der Waals surface area (Å²) >= 11 is 1.25. The number of hydrogen-bond acceptors (Lipinski definition) is 6. The smallest absolute Gasteiger partial charge is 0.272 e. The van der Waals surface area contributed by atoms with E-state index in [2.05, 4.69) is 24.5 Å². The summed E-state index contributed by atoms with van der Waals surface area (Å²) in [6.07, 6.45) is 1.65. The Balaban J connectivity index is 1.27. The highest BCUT2D eigenvalue weighted by molar-refractivity contribution is 8.00. The van der Waals surface area contributed by atoms with Crippen LogP contribution in [0.5, 0.6) is 0 Å². The second-order valence-electron chi connectivity index (χ2n) is 11.0. The quantitative estimate of drug-likeness (QED) is 0.151. The van der Waals surface area contributed by atoms with Crippen molar-refractivity contribution in [3.63, 3.8) is 0 Å². The molecular formula is C36H32N4O5S. The number of carbonyl (C=O) groups excluding carboxylic acids is 5. The van der Waals surface area contributed by atoms with E-state index in [1.165, 1.54) is 36.0 Å². The Morgan fingerprint density at radius 2 is 1.50 bits per heavy atom. The van der Waals surface area contributed by atoms with E-state index < -0.39 is 23.0 Å². The van der Waals surface area contributed by atoms with Crippen LogP contribution in [0.2, 0.25) is 0 Å². The Morgan fingerprint density at radius 3 is 2.11 bits per heavy atom. The third-order valence-electron chi connectivity index (χ3n) is 7.35. The number of thioether (sulfide) groups is 1. The van der Waals surface area contributed by atoms with Gasteiger partial charge in [0, 0.05) is 28.1 Å². The average molecular weight is 633 g/mol. The molecule has 0 saturated carbocycles. The maximum atomic E-state index is 13.4. The molecule has 1 saturated heterocycles. The van der Waals surface area contributed by atoms with Crippen molar-refractivity contribution in [2.75, 3.05) is 10.2 Å². The third-order valence-corrected chi connectivity index (χ3v) is 8.55. The lowest BCUT2D eigenvalue weighted by molar-refractivity contribution is -0.121. The number of primary amides is 1. The number of rotatable bonds is 10. The van der Waals surface area contributed by atoms with Crippen molar-refractivity contribution >= 4 is 58.7 Å². The van der Waals surface area contributed by atoms with Crippen LogP contribution in [0.4, 0.5) is 11.4 Å². The van der Waals surface area contributed by atoms with Crippen molar-refractivity contribution in [1.29, 1.82) is 0 Å². The normalized spacial score (nSPS) is 14.8. The number of carbonyl (C=O) groups is 5. The number of benzene rings is 4. The summed E-state index contributed by atoms with van der Waals surface area (Å²) in [5, 5.41) is 4.95. The molecule has 0 bridgehead atoms. The van der Waals surface area contributed by atoms with Crippen LogP contribution in [0.1, 0.15) is 58.0 Å². The maximum absolute atomic E-state index is 13.4. The maximum Gasteiger partial charge on any atom is 0.272 e. The first kappa shape index (κ1) is 31.9. The van der Waals surface area contributed by atoms with E-state index in [4.69, 9.17) is 5.73 Å². The number of nitrogens with zero attached hydrogens (tertiary/aromatic N) is 1. The summed E-state index contributed by atoms with van der Waals surface area (Å²) in [5.41, 5.74) is 8.82. The molecule has 1 heterocycles. The van der Waals surface area contributed by atoms with E-state index in [1.54, 1.807) is 60.7 Å². The molecule has 0 aromatic heterocycles. The molecule has 4 aromatic rings. The van der Waals surface area contributed by atoms with Crippen LogP contribution >= 0.6 is 11.8 Å². The van der Waals surface area contributed by atoms with Crippen molar-refractivity contribution < 1.29 is 24.0 Å². The van der Waals surface area contributed by atoms with Crippen LogP contribution in [0.15, 0.2) is 114 Å². The van der Waals surface area contributed by atoms with E-state index in [9.17, 15) is 24.0 Å². The van der Waals surface area contributed by atoms with Crippen LogP contribution in [0, 0.1) is 0 Å². The highest BCUT2D eigenvalue weighted by Crippen LogP contribution is 2.34. The zero-order valence-electron chi connectivity index (χ0n) is 25.2. The standard InChI is InChI=1S/C36H32N4O5S/c1-22(2)24-10-8-23(9-11-24)20-30(39-34(43)26-6-4-3-5-7-26)35(44)38-27-14-18-29(19-15-27)46-31-21-32(41)40(36(31)45)28-16-12-25(13-17-28)33(37)42/h3-20,22,31H,21H2,1-2H3,(H2,37,42)(H,38,44)(H,39,43)/b30-20-. The monoisotopic (exact) mass is 632 g/mol. The number of imide groups is 1. The molecule has 232 valence electrons. The Kier molecular flexibility index (Phi) is 9.78. The van der Waals surface area contributed by atoms with Crippen LogP contribution in [-0.2, 0) is 14.4 Å². The number of amides is 5. The summed E-state index contributed by atoms with van der Waals surface area (Å²) in [6, 6.07) is 29.3. The zero-order chi connectivity index (χ0) is 32.8. The van der Waals surface area contributed by atoms with Gasteiger partial charge in [-0.15, -0.1) is 11.8 Å². The van der Waals surface area contributed by atoms with E-state index in [0.717, 1.165) is 20.9 Å². The second-order valence-corrected chi connectivity index (χ2v) is 12.2. The van der Waals surface area contributed by atoms with Crippen molar-refractivity contribution in [2.45, 2.75) is 36.3 Å². The molecule has 46 heavy (non-hydrogen) atoms. The Hall–Kier alpha value is -5.48. The lowest BCUT2D eigenvalue weighted by Gasteiger charge is -2.15. The predicted octanol–water partition coefficient (Wildman–Crippen LogP) is 5.74. The average Bonchev–Trinajstić information content (AvgIpc) is 3.33. The molecule has 1 fully saturated rings. The van der Waals surface area contributed by atoms with Crippen LogP contribution in [-0.4, -0.2) is 34.8 Å². The van der Waals surface area contributed by atoms with Gasteiger partial charge in [-0.25, -0.2) is 4.90 Å². The van der Waals surface area contributed by atoms with Gasteiger partial charge in [0.1, 0.15) is 5.70 Å². The Bertz CT molecular complexity index is 1800. The molecule has 5 amide bonds. The van der Waals surface area contributed by atoms with Crippen molar-refractivity contribution in [3.05, 3.63) is 131 Å².